The van der Waals surface area contributed by atoms with Crippen LogP contribution in [0.15, 0.2) is 48.5 Å². The summed E-state index contributed by atoms with van der Waals surface area (Å²) in [5, 5.41) is 20.7. The Morgan fingerprint density at radius 1 is 1.11 bits per heavy atom. The van der Waals surface area contributed by atoms with Crippen LogP contribution in [0.4, 0.5) is 17.1 Å². The molecule has 0 aromatic heterocycles. The van der Waals surface area contributed by atoms with Crippen LogP contribution in [0.1, 0.15) is 23.2 Å². The number of benzene rings is 2. The number of hydrogen-bond acceptors (Lipinski definition) is 5. The Balaban J connectivity index is 1.97. The highest BCUT2D eigenvalue weighted by Gasteiger charge is 2.26. The molecule has 1 N–H and O–H groups in total. The normalized spacial score (nSPS) is 13.4. The minimum absolute atomic E-state index is 0.0785. The quantitative estimate of drug-likeness (QED) is 0.620. The highest BCUT2D eigenvalue weighted by Crippen LogP contribution is 2.32. The highest BCUT2D eigenvalue weighted by molar-refractivity contribution is 6.08. The molecule has 8 heteroatoms. The number of hydrogen-bond donors (Lipinski definition) is 1. The van der Waals surface area contributed by atoms with Gasteiger partial charge >= 0.3 is 5.97 Å². The second-order valence-electron chi connectivity index (χ2n) is 6.28. The third-order valence-corrected chi connectivity index (χ3v) is 4.47. The van der Waals surface area contributed by atoms with E-state index in [9.17, 15) is 19.7 Å². The number of nitrogens with zero attached hydrogens (tertiary/aromatic N) is 3. The highest BCUT2D eigenvalue weighted by atomic mass is 16.6. The minimum atomic E-state index is -1.17. The van der Waals surface area contributed by atoms with Crippen molar-refractivity contribution in [3.8, 4) is 0 Å². The summed E-state index contributed by atoms with van der Waals surface area (Å²) in [5.41, 5.74) is 0.829. The molecule has 1 amide bonds. The minimum Gasteiger partial charge on any atom is -0.480 e. The Morgan fingerprint density at radius 2 is 1.78 bits per heavy atom. The molecule has 3 rings (SSSR count). The molecule has 0 bridgehead atoms. The first-order valence-corrected chi connectivity index (χ1v) is 8.59. The summed E-state index contributed by atoms with van der Waals surface area (Å²) >= 11 is 0. The van der Waals surface area contributed by atoms with Crippen molar-refractivity contribution in [3.05, 3.63) is 64.2 Å². The molecule has 1 fully saturated rings. The number of carbonyl (C=O) groups excluding carboxylic acids is 1. The van der Waals surface area contributed by atoms with E-state index in [1.165, 1.54) is 12.1 Å². The molecule has 0 radical (unpaired) electrons. The molecule has 1 aliphatic rings. The van der Waals surface area contributed by atoms with Gasteiger partial charge in [-0.25, -0.2) is 0 Å². The van der Waals surface area contributed by atoms with Gasteiger partial charge in [-0.1, -0.05) is 18.2 Å². The molecule has 0 unspecified atom stereocenters. The lowest BCUT2D eigenvalue weighted by atomic mass is 10.1. The molecular formula is C19H19N3O5. The lowest BCUT2D eigenvalue weighted by Crippen LogP contribution is -2.35. The fourth-order valence-electron chi connectivity index (χ4n) is 3.21. The van der Waals surface area contributed by atoms with E-state index in [1.807, 2.05) is 4.90 Å². The maximum absolute atomic E-state index is 12.9. The van der Waals surface area contributed by atoms with Crippen molar-refractivity contribution in [2.24, 2.45) is 0 Å². The van der Waals surface area contributed by atoms with Crippen LogP contribution in [-0.2, 0) is 4.79 Å². The predicted octanol–water partition coefficient (Wildman–Crippen LogP) is 2.93. The first-order valence-electron chi connectivity index (χ1n) is 8.59. The van der Waals surface area contributed by atoms with Crippen molar-refractivity contribution in [2.75, 3.05) is 29.4 Å². The van der Waals surface area contributed by atoms with E-state index in [1.54, 1.807) is 36.4 Å². The average molecular weight is 369 g/mol. The Morgan fingerprint density at radius 3 is 2.37 bits per heavy atom. The Kier molecular flexibility index (Phi) is 5.35. The van der Waals surface area contributed by atoms with E-state index in [4.69, 9.17) is 5.11 Å². The fourth-order valence-corrected chi connectivity index (χ4v) is 3.21. The average Bonchev–Trinajstić information content (AvgIpc) is 3.20. The smallest absolute Gasteiger partial charge is 0.323 e. The Hall–Kier alpha value is -3.42. The van der Waals surface area contributed by atoms with Gasteiger partial charge in [0.15, 0.2) is 0 Å². The van der Waals surface area contributed by atoms with Crippen LogP contribution in [0.5, 0.6) is 0 Å². The molecule has 0 spiro atoms. The lowest BCUT2D eigenvalue weighted by molar-refractivity contribution is -0.384. The molecule has 1 saturated heterocycles. The van der Waals surface area contributed by atoms with Gasteiger partial charge in [0.1, 0.15) is 12.2 Å². The van der Waals surface area contributed by atoms with Crippen LogP contribution < -0.4 is 9.80 Å². The van der Waals surface area contributed by atoms with E-state index >= 15 is 0 Å². The first-order chi connectivity index (χ1) is 13.0. The van der Waals surface area contributed by atoms with Crippen LogP contribution >= 0.6 is 0 Å². The molecule has 27 heavy (non-hydrogen) atoms. The summed E-state index contributed by atoms with van der Waals surface area (Å²) in [6.45, 7) is 0.942. The largest absolute Gasteiger partial charge is 0.480 e. The summed E-state index contributed by atoms with van der Waals surface area (Å²) in [6.07, 6.45) is 1.94. The number of anilines is 2. The number of carboxylic acid groups (broad SMARTS) is 1. The number of para-hydroxylation sites is 1. The molecule has 0 aliphatic carbocycles. The van der Waals surface area contributed by atoms with E-state index < -0.39 is 23.3 Å². The summed E-state index contributed by atoms with van der Waals surface area (Å²) in [4.78, 5) is 38.2. The third-order valence-electron chi connectivity index (χ3n) is 4.47. The molecule has 2 aromatic carbocycles. The fraction of sp³-hybridized carbons (Fsp3) is 0.263. The van der Waals surface area contributed by atoms with E-state index in [0.717, 1.165) is 30.8 Å². The molecule has 8 nitrogen and oxygen atoms in total. The van der Waals surface area contributed by atoms with Crippen molar-refractivity contribution in [1.82, 2.24) is 0 Å². The summed E-state index contributed by atoms with van der Waals surface area (Å²) in [6, 6.07) is 12.7. The Bertz CT molecular complexity index is 863. The molecule has 1 aliphatic heterocycles. The van der Waals surface area contributed by atoms with E-state index in [-0.39, 0.29) is 11.3 Å². The molecule has 140 valence electrons. The number of nitro groups is 1. The topological polar surface area (TPSA) is 104 Å². The van der Waals surface area contributed by atoms with Gasteiger partial charge in [-0.15, -0.1) is 0 Å². The standard InChI is InChI=1S/C19H19N3O5/c23-18(24)13-21(15-6-2-1-3-7-15)19(25)14-8-9-16(17(12-14)22(26)27)20-10-4-5-11-20/h1-3,6-9,12H,4-5,10-11,13H2,(H,23,24). The molecule has 1 heterocycles. The van der Waals surface area contributed by atoms with Crippen molar-refractivity contribution >= 4 is 28.9 Å². The van der Waals surface area contributed by atoms with Crippen LogP contribution in [0.3, 0.4) is 0 Å². The number of rotatable bonds is 6. The number of aliphatic carboxylic acids is 1. The number of carboxylic acids is 1. The SMILES string of the molecule is O=C(O)CN(C(=O)c1ccc(N2CCCC2)c([N+](=O)[O-])c1)c1ccccc1. The monoisotopic (exact) mass is 369 g/mol. The second-order valence-corrected chi connectivity index (χ2v) is 6.28. The maximum atomic E-state index is 12.9. The van der Waals surface area contributed by atoms with Crippen LogP contribution in [-0.4, -0.2) is 41.5 Å². The zero-order valence-electron chi connectivity index (χ0n) is 14.6. The summed E-state index contributed by atoms with van der Waals surface area (Å²) < 4.78 is 0. The predicted molar refractivity (Wildman–Crippen MR) is 100 cm³/mol. The van der Waals surface area contributed by atoms with E-state index in [0.29, 0.717) is 11.4 Å². The van der Waals surface area contributed by atoms with Crippen LogP contribution in [0.25, 0.3) is 0 Å². The van der Waals surface area contributed by atoms with Gasteiger partial charge in [0.25, 0.3) is 11.6 Å². The van der Waals surface area contributed by atoms with Gasteiger partial charge in [0, 0.05) is 30.4 Å². The van der Waals surface area contributed by atoms with Gasteiger partial charge in [0.2, 0.25) is 0 Å². The van der Waals surface area contributed by atoms with Gasteiger partial charge in [-0.05, 0) is 37.1 Å². The molecular weight excluding hydrogens is 350 g/mol. The van der Waals surface area contributed by atoms with Crippen molar-refractivity contribution in [1.29, 1.82) is 0 Å². The van der Waals surface area contributed by atoms with E-state index in [2.05, 4.69) is 0 Å². The van der Waals surface area contributed by atoms with Crippen molar-refractivity contribution in [3.63, 3.8) is 0 Å². The second kappa shape index (κ2) is 7.86. The third kappa shape index (κ3) is 4.05. The van der Waals surface area contributed by atoms with Gasteiger partial charge in [-0.3, -0.25) is 24.6 Å². The number of carbonyl (C=O) groups is 2. The van der Waals surface area contributed by atoms with Gasteiger partial charge in [0.05, 0.1) is 4.92 Å². The summed E-state index contributed by atoms with van der Waals surface area (Å²) in [5.74, 6) is -1.77. The lowest BCUT2D eigenvalue weighted by Gasteiger charge is -2.22. The van der Waals surface area contributed by atoms with Crippen LogP contribution in [0, 0.1) is 10.1 Å². The number of nitro benzene ring substituents is 1. The van der Waals surface area contributed by atoms with Crippen molar-refractivity contribution < 1.29 is 19.6 Å². The molecule has 0 atom stereocenters. The van der Waals surface area contributed by atoms with Crippen molar-refractivity contribution in [2.45, 2.75) is 12.8 Å². The number of amides is 1. The first kappa shape index (κ1) is 18.4. The summed E-state index contributed by atoms with van der Waals surface area (Å²) in [7, 11) is 0. The Labute approximate surface area is 155 Å². The zero-order valence-corrected chi connectivity index (χ0v) is 14.6. The molecule has 0 saturated carbocycles. The van der Waals surface area contributed by atoms with Crippen LogP contribution in [0.2, 0.25) is 0 Å². The zero-order chi connectivity index (χ0) is 19.4. The maximum Gasteiger partial charge on any atom is 0.323 e. The van der Waals surface area contributed by atoms with Gasteiger partial charge in [-0.2, -0.15) is 0 Å². The van der Waals surface area contributed by atoms with Gasteiger partial charge < -0.3 is 10.0 Å². The molecule has 2 aromatic rings.